The highest BCUT2D eigenvalue weighted by Gasteiger charge is 2.29. The van der Waals surface area contributed by atoms with Crippen LogP contribution in [-0.4, -0.2) is 53.4 Å². The predicted molar refractivity (Wildman–Crippen MR) is 137 cm³/mol. The average Bonchev–Trinajstić information content (AvgIpc) is 3.21. The molecule has 0 saturated carbocycles. The Morgan fingerprint density at radius 1 is 0.829 bits per heavy atom. The van der Waals surface area contributed by atoms with Crippen molar-refractivity contribution in [1.82, 2.24) is 18.8 Å². The number of nitrogens with zero attached hydrogens (tertiary/aromatic N) is 4. The molecule has 0 spiro atoms. The first-order valence-electron chi connectivity index (χ1n) is 11.8. The van der Waals surface area contributed by atoms with Crippen molar-refractivity contribution < 1.29 is 13.2 Å². The Hall–Kier alpha value is -3.20. The number of hydrogen-bond acceptors (Lipinski definition) is 5. The average molecular weight is 491 g/mol. The molecule has 0 radical (unpaired) electrons. The van der Waals surface area contributed by atoms with Crippen LogP contribution in [0.3, 0.4) is 0 Å². The van der Waals surface area contributed by atoms with E-state index < -0.39 is 10.0 Å². The van der Waals surface area contributed by atoms with Crippen LogP contribution in [0.5, 0.6) is 5.75 Å². The Kier molecular flexibility index (Phi) is 6.60. The molecule has 3 aromatic carbocycles. The van der Waals surface area contributed by atoms with Crippen molar-refractivity contribution in [2.24, 2.45) is 0 Å². The van der Waals surface area contributed by atoms with Gasteiger partial charge in [0.15, 0.2) is 0 Å². The van der Waals surface area contributed by atoms with E-state index in [2.05, 4.69) is 22.5 Å². The molecule has 4 aromatic rings. The van der Waals surface area contributed by atoms with Crippen molar-refractivity contribution >= 4 is 21.1 Å². The highest BCUT2D eigenvalue weighted by molar-refractivity contribution is 7.89. The number of ether oxygens (including phenoxy) is 1. The topological polar surface area (TPSA) is 67.7 Å². The summed E-state index contributed by atoms with van der Waals surface area (Å²) in [5.74, 6) is 1.66. The van der Waals surface area contributed by atoms with Crippen LogP contribution in [0.15, 0.2) is 77.7 Å². The molecule has 1 saturated heterocycles. The molecule has 1 aliphatic rings. The molecule has 0 N–H and O–H groups in total. The maximum absolute atomic E-state index is 13.1. The maximum Gasteiger partial charge on any atom is 0.243 e. The quantitative estimate of drug-likeness (QED) is 0.389. The molecule has 0 unspecified atom stereocenters. The number of sulfonamides is 1. The van der Waals surface area contributed by atoms with Crippen molar-refractivity contribution in [3.8, 4) is 5.75 Å². The molecule has 0 aliphatic carbocycles. The monoisotopic (exact) mass is 490 g/mol. The van der Waals surface area contributed by atoms with Crippen LogP contribution in [0.4, 0.5) is 0 Å². The normalized spacial score (nSPS) is 15.5. The first kappa shape index (κ1) is 23.5. The third-order valence-corrected chi connectivity index (χ3v) is 8.37. The number of piperazine rings is 1. The highest BCUT2D eigenvalue weighted by Crippen LogP contribution is 2.22. The third kappa shape index (κ3) is 5.10. The summed E-state index contributed by atoms with van der Waals surface area (Å²) in [6, 6.07) is 23.1. The maximum atomic E-state index is 13.1. The second-order valence-corrected chi connectivity index (χ2v) is 11.0. The molecule has 35 heavy (non-hydrogen) atoms. The van der Waals surface area contributed by atoms with Crippen LogP contribution in [0.1, 0.15) is 17.0 Å². The zero-order valence-electron chi connectivity index (χ0n) is 20.1. The second-order valence-electron chi connectivity index (χ2n) is 9.02. The van der Waals surface area contributed by atoms with Crippen LogP contribution in [0.25, 0.3) is 11.0 Å². The molecule has 182 valence electrons. The lowest BCUT2D eigenvalue weighted by molar-refractivity contribution is 0.149. The molecule has 0 atom stereocenters. The molecular weight excluding hydrogens is 460 g/mol. The van der Waals surface area contributed by atoms with Gasteiger partial charge >= 0.3 is 0 Å². The minimum absolute atomic E-state index is 0.354. The lowest BCUT2D eigenvalue weighted by Crippen LogP contribution is -2.48. The van der Waals surface area contributed by atoms with E-state index in [1.807, 2.05) is 61.5 Å². The zero-order chi connectivity index (χ0) is 24.4. The predicted octanol–water partition coefficient (Wildman–Crippen LogP) is 4.20. The molecule has 2 heterocycles. The Balaban J connectivity index is 1.29. The fourth-order valence-corrected chi connectivity index (χ4v) is 5.77. The van der Waals surface area contributed by atoms with Gasteiger partial charge in [-0.1, -0.05) is 47.5 Å². The Bertz CT molecular complexity index is 1410. The number of para-hydroxylation sites is 2. The Morgan fingerprint density at radius 3 is 2.14 bits per heavy atom. The van der Waals surface area contributed by atoms with E-state index in [9.17, 15) is 8.42 Å². The molecular formula is C27H30N4O3S. The minimum atomic E-state index is -3.48. The van der Waals surface area contributed by atoms with Gasteiger partial charge in [-0.05, 0) is 50.2 Å². The molecule has 5 rings (SSSR count). The summed E-state index contributed by atoms with van der Waals surface area (Å²) >= 11 is 0. The van der Waals surface area contributed by atoms with Gasteiger partial charge in [0, 0.05) is 26.2 Å². The second kappa shape index (κ2) is 9.81. The van der Waals surface area contributed by atoms with Crippen molar-refractivity contribution in [1.29, 1.82) is 0 Å². The van der Waals surface area contributed by atoms with Crippen LogP contribution in [0, 0.1) is 13.8 Å². The van der Waals surface area contributed by atoms with Crippen LogP contribution < -0.4 is 4.74 Å². The molecule has 0 amide bonds. The minimum Gasteiger partial charge on any atom is -0.486 e. The summed E-state index contributed by atoms with van der Waals surface area (Å²) < 4.78 is 35.9. The Morgan fingerprint density at radius 2 is 1.46 bits per heavy atom. The van der Waals surface area contributed by atoms with E-state index in [0.717, 1.165) is 28.2 Å². The van der Waals surface area contributed by atoms with Gasteiger partial charge < -0.3 is 9.30 Å². The summed E-state index contributed by atoms with van der Waals surface area (Å²) in [7, 11) is -3.48. The first-order chi connectivity index (χ1) is 16.9. The van der Waals surface area contributed by atoms with Crippen molar-refractivity contribution in [2.45, 2.75) is 32.0 Å². The van der Waals surface area contributed by atoms with E-state index in [0.29, 0.717) is 44.4 Å². The molecule has 1 aliphatic heterocycles. The van der Waals surface area contributed by atoms with Gasteiger partial charge in [-0.15, -0.1) is 0 Å². The lowest BCUT2D eigenvalue weighted by Gasteiger charge is -2.34. The fraction of sp³-hybridized carbons (Fsp3) is 0.296. The molecule has 7 nitrogen and oxygen atoms in total. The largest absolute Gasteiger partial charge is 0.486 e. The highest BCUT2D eigenvalue weighted by atomic mass is 32.2. The first-order valence-corrected chi connectivity index (χ1v) is 13.3. The van der Waals surface area contributed by atoms with Crippen LogP contribution >= 0.6 is 0 Å². The van der Waals surface area contributed by atoms with Crippen molar-refractivity contribution in [3.63, 3.8) is 0 Å². The third-order valence-electron chi connectivity index (χ3n) is 6.45. The van der Waals surface area contributed by atoms with Gasteiger partial charge in [0.1, 0.15) is 18.2 Å². The molecule has 1 fully saturated rings. The van der Waals surface area contributed by atoms with Crippen LogP contribution in [-0.2, 0) is 23.3 Å². The zero-order valence-corrected chi connectivity index (χ0v) is 20.9. The summed E-state index contributed by atoms with van der Waals surface area (Å²) in [6.45, 7) is 7.21. The molecule has 8 heteroatoms. The van der Waals surface area contributed by atoms with E-state index in [4.69, 9.17) is 9.72 Å². The van der Waals surface area contributed by atoms with E-state index >= 15 is 0 Å². The fourth-order valence-electron chi connectivity index (χ4n) is 4.35. The Labute approximate surface area is 206 Å². The van der Waals surface area contributed by atoms with Crippen molar-refractivity contribution in [3.05, 3.63) is 89.7 Å². The van der Waals surface area contributed by atoms with E-state index in [-0.39, 0.29) is 0 Å². The van der Waals surface area contributed by atoms with E-state index in [1.54, 1.807) is 16.4 Å². The van der Waals surface area contributed by atoms with Gasteiger partial charge in [-0.2, -0.15) is 4.31 Å². The summed E-state index contributed by atoms with van der Waals surface area (Å²) in [5.41, 5.74) is 4.21. The number of aryl methyl sites for hydroxylation is 2. The number of rotatable bonds is 7. The number of aromatic nitrogens is 2. The molecule has 1 aromatic heterocycles. The number of imidazole rings is 1. The SMILES string of the molecule is Cc1ccc(OCc2nc3ccccc3n2CN2CCN(S(=O)(=O)c3ccc(C)cc3)CC2)cc1. The number of hydrogen-bond donors (Lipinski definition) is 0. The van der Waals surface area contributed by atoms with Gasteiger partial charge in [-0.3, -0.25) is 4.90 Å². The summed E-state index contributed by atoms with van der Waals surface area (Å²) in [4.78, 5) is 7.44. The molecule has 0 bridgehead atoms. The summed E-state index contributed by atoms with van der Waals surface area (Å²) in [5, 5.41) is 0. The van der Waals surface area contributed by atoms with Gasteiger partial charge in [0.25, 0.3) is 0 Å². The summed E-state index contributed by atoms with van der Waals surface area (Å²) in [6.07, 6.45) is 0. The van der Waals surface area contributed by atoms with Gasteiger partial charge in [0.05, 0.1) is 22.6 Å². The number of fused-ring (bicyclic) bond motifs is 1. The number of benzene rings is 3. The van der Waals surface area contributed by atoms with Gasteiger partial charge in [-0.25, -0.2) is 13.4 Å². The lowest BCUT2D eigenvalue weighted by atomic mass is 10.2. The smallest absolute Gasteiger partial charge is 0.243 e. The van der Waals surface area contributed by atoms with Gasteiger partial charge in [0.2, 0.25) is 10.0 Å². The van der Waals surface area contributed by atoms with Crippen LogP contribution in [0.2, 0.25) is 0 Å². The van der Waals surface area contributed by atoms with E-state index in [1.165, 1.54) is 5.56 Å². The standard InChI is InChI=1S/C27H30N4O3S/c1-21-7-11-23(12-8-21)34-19-27-28-25-5-3-4-6-26(25)31(27)20-29-15-17-30(18-16-29)35(32,33)24-13-9-22(2)10-14-24/h3-14H,15-20H2,1-2H3. The van der Waals surface area contributed by atoms with Crippen molar-refractivity contribution in [2.75, 3.05) is 26.2 Å².